The first-order valence-corrected chi connectivity index (χ1v) is 8.69. The molecule has 3 heterocycles. The Morgan fingerprint density at radius 3 is 2.58 bits per heavy atom. The Morgan fingerprint density at radius 2 is 1.96 bits per heavy atom. The summed E-state index contributed by atoms with van der Waals surface area (Å²) in [4.78, 5) is 20.7. The molecule has 2 aliphatic heterocycles. The number of pyridine rings is 1. The molecule has 0 bridgehead atoms. The van der Waals surface area contributed by atoms with Crippen LogP contribution in [-0.2, 0) is 14.3 Å². The van der Waals surface area contributed by atoms with Crippen LogP contribution in [0.15, 0.2) is 24.5 Å². The van der Waals surface area contributed by atoms with Crippen LogP contribution in [0.25, 0.3) is 0 Å². The van der Waals surface area contributed by atoms with E-state index in [1.165, 1.54) is 5.56 Å². The second-order valence-electron chi connectivity index (χ2n) is 6.55. The third-order valence-electron chi connectivity index (χ3n) is 5.26. The van der Waals surface area contributed by atoms with Crippen molar-refractivity contribution in [1.82, 2.24) is 14.8 Å². The Morgan fingerprint density at radius 1 is 1.25 bits per heavy atom. The van der Waals surface area contributed by atoms with Crippen LogP contribution in [0.2, 0.25) is 0 Å². The standard InChI is InChI=1S/C18H27N3O3/c1-23-12-7-17(22)20-10-5-15(6-11-20)21-13-16(24-2)18(21)14-3-8-19-9-4-14/h3-4,8-9,15-16,18H,5-7,10-13H2,1-2H3/t16-,18-/m0/s1. The normalized spacial score (nSPS) is 25.5. The summed E-state index contributed by atoms with van der Waals surface area (Å²) in [5, 5.41) is 0. The van der Waals surface area contributed by atoms with Crippen molar-refractivity contribution in [1.29, 1.82) is 0 Å². The van der Waals surface area contributed by atoms with Crippen molar-refractivity contribution in [2.45, 2.75) is 37.5 Å². The summed E-state index contributed by atoms with van der Waals surface area (Å²) in [5.74, 6) is 0.208. The summed E-state index contributed by atoms with van der Waals surface area (Å²) in [7, 11) is 3.42. The molecule has 132 valence electrons. The minimum atomic E-state index is 0.208. The van der Waals surface area contributed by atoms with Crippen LogP contribution in [0.3, 0.4) is 0 Å². The Kier molecular flexibility index (Phi) is 5.81. The first-order valence-electron chi connectivity index (χ1n) is 8.69. The van der Waals surface area contributed by atoms with E-state index in [4.69, 9.17) is 9.47 Å². The Bertz CT molecular complexity index is 532. The minimum absolute atomic E-state index is 0.208. The smallest absolute Gasteiger partial charge is 0.224 e. The van der Waals surface area contributed by atoms with Crippen molar-refractivity contribution in [2.75, 3.05) is 40.5 Å². The third-order valence-corrected chi connectivity index (χ3v) is 5.26. The number of piperidine rings is 1. The van der Waals surface area contributed by atoms with Crippen molar-refractivity contribution >= 4 is 5.91 Å². The van der Waals surface area contributed by atoms with Crippen LogP contribution >= 0.6 is 0 Å². The summed E-state index contributed by atoms with van der Waals surface area (Å²) in [5.41, 5.74) is 1.27. The van der Waals surface area contributed by atoms with Crippen LogP contribution in [0.4, 0.5) is 0 Å². The average molecular weight is 333 g/mol. The monoisotopic (exact) mass is 333 g/mol. The molecule has 24 heavy (non-hydrogen) atoms. The van der Waals surface area contributed by atoms with Gasteiger partial charge in [0.1, 0.15) is 0 Å². The molecule has 0 aromatic carbocycles. The zero-order valence-electron chi connectivity index (χ0n) is 14.6. The predicted molar refractivity (Wildman–Crippen MR) is 90.6 cm³/mol. The van der Waals surface area contributed by atoms with Crippen LogP contribution in [0.5, 0.6) is 0 Å². The molecule has 2 fully saturated rings. The molecule has 2 saturated heterocycles. The molecule has 3 rings (SSSR count). The van der Waals surface area contributed by atoms with Gasteiger partial charge in [0.05, 0.1) is 25.2 Å². The number of hydrogen-bond acceptors (Lipinski definition) is 5. The zero-order chi connectivity index (χ0) is 16.9. The van der Waals surface area contributed by atoms with Gasteiger partial charge >= 0.3 is 0 Å². The van der Waals surface area contributed by atoms with Gasteiger partial charge < -0.3 is 14.4 Å². The Hall–Kier alpha value is -1.50. The Labute approximate surface area is 143 Å². The number of carbonyl (C=O) groups excluding carboxylic acids is 1. The second-order valence-corrected chi connectivity index (χ2v) is 6.55. The molecule has 6 heteroatoms. The van der Waals surface area contributed by atoms with Gasteiger partial charge in [-0.15, -0.1) is 0 Å². The summed E-state index contributed by atoms with van der Waals surface area (Å²) >= 11 is 0. The van der Waals surface area contributed by atoms with Gasteiger partial charge in [-0.05, 0) is 30.5 Å². The summed E-state index contributed by atoms with van der Waals surface area (Å²) < 4.78 is 10.6. The van der Waals surface area contributed by atoms with Gasteiger partial charge in [-0.3, -0.25) is 14.7 Å². The highest BCUT2D eigenvalue weighted by atomic mass is 16.5. The van der Waals surface area contributed by atoms with E-state index < -0.39 is 0 Å². The lowest BCUT2D eigenvalue weighted by molar-refractivity contribution is -0.138. The first-order chi connectivity index (χ1) is 11.7. The van der Waals surface area contributed by atoms with Crippen LogP contribution in [0.1, 0.15) is 30.9 Å². The van der Waals surface area contributed by atoms with Gasteiger partial charge in [0, 0.05) is 52.3 Å². The number of ether oxygens (including phenoxy) is 2. The molecule has 2 aliphatic rings. The summed E-state index contributed by atoms with van der Waals surface area (Å²) in [6.07, 6.45) is 6.46. The largest absolute Gasteiger partial charge is 0.384 e. The maximum absolute atomic E-state index is 12.1. The topological polar surface area (TPSA) is 54.9 Å². The van der Waals surface area contributed by atoms with E-state index in [0.717, 1.165) is 32.5 Å². The van der Waals surface area contributed by atoms with Gasteiger partial charge in [-0.2, -0.15) is 0 Å². The van der Waals surface area contributed by atoms with E-state index in [9.17, 15) is 4.79 Å². The lowest BCUT2D eigenvalue weighted by Gasteiger charge is -2.53. The Balaban J connectivity index is 1.57. The van der Waals surface area contributed by atoms with Gasteiger partial charge in [0.2, 0.25) is 5.91 Å². The van der Waals surface area contributed by atoms with Crippen molar-refractivity contribution < 1.29 is 14.3 Å². The quantitative estimate of drug-likeness (QED) is 0.789. The molecule has 0 radical (unpaired) electrons. The number of methoxy groups -OCH3 is 2. The minimum Gasteiger partial charge on any atom is -0.384 e. The van der Waals surface area contributed by atoms with E-state index in [1.807, 2.05) is 17.3 Å². The predicted octanol–water partition coefficient (Wildman–Crippen LogP) is 1.48. The van der Waals surface area contributed by atoms with Crippen LogP contribution in [0, 0.1) is 0 Å². The maximum Gasteiger partial charge on any atom is 0.224 e. The highest BCUT2D eigenvalue weighted by Crippen LogP contribution is 2.39. The SMILES string of the molecule is COCCC(=O)N1CCC(N2C[C@H](OC)[C@@H]2c2ccncc2)CC1. The fourth-order valence-corrected chi connectivity index (χ4v) is 3.84. The lowest BCUT2D eigenvalue weighted by atomic mass is 9.87. The fraction of sp³-hybridized carbons (Fsp3) is 0.667. The first kappa shape index (κ1) is 17.3. The molecule has 0 saturated carbocycles. The maximum atomic E-state index is 12.1. The molecule has 2 atom stereocenters. The van der Waals surface area contributed by atoms with Crippen molar-refractivity contribution in [3.8, 4) is 0 Å². The third kappa shape index (κ3) is 3.61. The number of carbonyl (C=O) groups is 1. The molecule has 0 aliphatic carbocycles. The number of aromatic nitrogens is 1. The molecule has 0 spiro atoms. The number of nitrogens with zero attached hydrogens (tertiary/aromatic N) is 3. The zero-order valence-corrected chi connectivity index (χ0v) is 14.6. The van der Waals surface area contributed by atoms with E-state index in [0.29, 0.717) is 25.1 Å². The van der Waals surface area contributed by atoms with E-state index >= 15 is 0 Å². The van der Waals surface area contributed by atoms with Crippen molar-refractivity contribution in [3.63, 3.8) is 0 Å². The summed E-state index contributed by atoms with van der Waals surface area (Å²) in [6.45, 7) is 3.14. The highest BCUT2D eigenvalue weighted by Gasteiger charge is 2.44. The lowest BCUT2D eigenvalue weighted by Crippen LogP contribution is -2.60. The molecule has 6 nitrogen and oxygen atoms in total. The van der Waals surface area contributed by atoms with Gasteiger partial charge in [0.15, 0.2) is 0 Å². The van der Waals surface area contributed by atoms with E-state index in [-0.39, 0.29) is 12.0 Å². The molecule has 0 unspecified atom stereocenters. The van der Waals surface area contributed by atoms with E-state index in [1.54, 1.807) is 14.2 Å². The number of hydrogen-bond donors (Lipinski definition) is 0. The van der Waals surface area contributed by atoms with Crippen LogP contribution in [-0.4, -0.2) is 73.3 Å². The summed E-state index contributed by atoms with van der Waals surface area (Å²) in [6, 6.07) is 4.97. The number of amides is 1. The molecule has 0 N–H and O–H groups in total. The van der Waals surface area contributed by atoms with E-state index in [2.05, 4.69) is 22.0 Å². The van der Waals surface area contributed by atoms with Gasteiger partial charge in [-0.1, -0.05) is 0 Å². The highest BCUT2D eigenvalue weighted by molar-refractivity contribution is 5.76. The van der Waals surface area contributed by atoms with Gasteiger partial charge in [-0.25, -0.2) is 0 Å². The second kappa shape index (κ2) is 8.05. The molecular formula is C18H27N3O3. The van der Waals surface area contributed by atoms with Crippen LogP contribution < -0.4 is 0 Å². The molecular weight excluding hydrogens is 306 g/mol. The van der Waals surface area contributed by atoms with Gasteiger partial charge in [0.25, 0.3) is 0 Å². The molecule has 1 aromatic heterocycles. The number of rotatable bonds is 6. The van der Waals surface area contributed by atoms with Crippen molar-refractivity contribution in [2.24, 2.45) is 0 Å². The molecule has 1 amide bonds. The average Bonchev–Trinajstić information content (AvgIpc) is 2.60. The number of likely N-dealkylation sites (tertiary alicyclic amines) is 2. The van der Waals surface area contributed by atoms with Crippen molar-refractivity contribution in [3.05, 3.63) is 30.1 Å². The fourth-order valence-electron chi connectivity index (χ4n) is 3.84. The molecule has 1 aromatic rings.